The number of aromatic nitrogens is 3. The SMILES string of the molecule is [2H]c1nc(Nc2cc[nH]c2)nc(N(C)C)c1Cl. The van der Waals surface area contributed by atoms with Gasteiger partial charge in [-0.05, 0) is 6.07 Å². The van der Waals surface area contributed by atoms with Crippen LogP contribution in [0, 0.1) is 0 Å². The van der Waals surface area contributed by atoms with Gasteiger partial charge in [-0.3, -0.25) is 0 Å². The van der Waals surface area contributed by atoms with E-state index in [9.17, 15) is 0 Å². The fourth-order valence-corrected chi connectivity index (χ4v) is 1.46. The van der Waals surface area contributed by atoms with Gasteiger partial charge in [-0.1, -0.05) is 11.6 Å². The largest absolute Gasteiger partial charge is 0.366 e. The molecule has 0 radical (unpaired) electrons. The summed E-state index contributed by atoms with van der Waals surface area (Å²) in [5.74, 6) is 0.868. The van der Waals surface area contributed by atoms with Crippen LogP contribution in [0.5, 0.6) is 0 Å². The third-order valence-corrected chi connectivity index (χ3v) is 2.20. The number of halogens is 1. The van der Waals surface area contributed by atoms with E-state index >= 15 is 0 Å². The number of hydrogen-bond acceptors (Lipinski definition) is 4. The van der Waals surface area contributed by atoms with Gasteiger partial charge in [0.25, 0.3) is 0 Å². The number of H-pyrrole nitrogens is 1. The Hall–Kier alpha value is -1.75. The van der Waals surface area contributed by atoms with E-state index in [-0.39, 0.29) is 11.2 Å². The maximum Gasteiger partial charge on any atom is 0.229 e. The standard InChI is InChI=1S/C10H12ClN5/c1-16(2)9-8(11)6-13-10(15-9)14-7-3-4-12-5-7/h3-6,12H,1-2H3,(H,13,14,15)/i6D. The Labute approximate surface area is 99.9 Å². The lowest BCUT2D eigenvalue weighted by atomic mass is 10.5. The molecular weight excluding hydrogens is 226 g/mol. The average molecular weight is 239 g/mol. The highest BCUT2D eigenvalue weighted by Gasteiger charge is 2.07. The summed E-state index contributed by atoms with van der Waals surface area (Å²) >= 11 is 5.95. The van der Waals surface area contributed by atoms with Crippen LogP contribution in [0.15, 0.2) is 24.6 Å². The molecule has 2 aromatic rings. The minimum absolute atomic E-state index is 0.00315. The molecule has 0 saturated heterocycles. The Morgan fingerprint density at radius 1 is 1.56 bits per heavy atom. The van der Waals surface area contributed by atoms with Crippen LogP contribution in [-0.4, -0.2) is 29.0 Å². The highest BCUT2D eigenvalue weighted by molar-refractivity contribution is 6.32. The number of rotatable bonds is 3. The second-order valence-corrected chi connectivity index (χ2v) is 3.79. The maximum atomic E-state index is 7.67. The normalized spacial score (nSPS) is 11.1. The zero-order valence-corrected chi connectivity index (χ0v) is 9.71. The first kappa shape index (κ1) is 9.47. The van der Waals surface area contributed by atoms with E-state index in [4.69, 9.17) is 13.0 Å². The van der Waals surface area contributed by atoms with Gasteiger partial charge >= 0.3 is 0 Å². The van der Waals surface area contributed by atoms with Gasteiger partial charge in [-0.2, -0.15) is 4.98 Å². The number of nitrogens with zero attached hydrogens (tertiary/aromatic N) is 3. The Balaban J connectivity index is 2.35. The number of nitrogens with one attached hydrogen (secondary N) is 2. The molecule has 0 atom stereocenters. The number of anilines is 3. The van der Waals surface area contributed by atoms with Crippen LogP contribution >= 0.6 is 11.6 Å². The molecule has 0 unspecified atom stereocenters. The lowest BCUT2D eigenvalue weighted by molar-refractivity contribution is 1.04. The summed E-state index contributed by atoms with van der Waals surface area (Å²) in [7, 11) is 3.63. The number of hydrogen-bond donors (Lipinski definition) is 2. The van der Waals surface area contributed by atoms with Gasteiger partial charge < -0.3 is 15.2 Å². The molecule has 2 heterocycles. The predicted octanol–water partition coefficient (Wildman–Crippen LogP) is 2.27. The van der Waals surface area contributed by atoms with E-state index in [1.54, 1.807) is 17.3 Å². The van der Waals surface area contributed by atoms with Crippen molar-refractivity contribution in [1.82, 2.24) is 15.0 Å². The molecule has 0 aliphatic rings. The molecule has 2 rings (SSSR count). The summed E-state index contributed by atoms with van der Waals surface area (Å²) in [4.78, 5) is 12.9. The third-order valence-electron chi connectivity index (χ3n) is 1.95. The second kappa shape index (κ2) is 4.40. The van der Waals surface area contributed by atoms with Gasteiger partial charge in [-0.25, -0.2) is 4.98 Å². The summed E-state index contributed by atoms with van der Waals surface area (Å²) in [6, 6.07) is 1.84. The van der Waals surface area contributed by atoms with Gasteiger partial charge in [0.2, 0.25) is 5.95 Å². The highest BCUT2D eigenvalue weighted by Crippen LogP contribution is 2.22. The van der Waals surface area contributed by atoms with Crippen molar-refractivity contribution >= 4 is 29.1 Å². The van der Waals surface area contributed by atoms with E-state index in [0.29, 0.717) is 11.8 Å². The molecule has 6 heteroatoms. The molecule has 0 amide bonds. The predicted molar refractivity (Wildman–Crippen MR) is 65.4 cm³/mol. The van der Waals surface area contributed by atoms with Gasteiger partial charge in [0.1, 0.15) is 5.02 Å². The van der Waals surface area contributed by atoms with E-state index in [1.165, 1.54) is 0 Å². The average Bonchev–Trinajstić information content (AvgIpc) is 2.75. The molecule has 0 saturated carbocycles. The van der Waals surface area contributed by atoms with Crippen molar-refractivity contribution < 1.29 is 1.37 Å². The van der Waals surface area contributed by atoms with Crippen molar-refractivity contribution in [2.45, 2.75) is 0 Å². The fraction of sp³-hybridized carbons (Fsp3) is 0.200. The van der Waals surface area contributed by atoms with Gasteiger partial charge in [-0.15, -0.1) is 0 Å². The molecule has 2 N–H and O–H groups in total. The fourth-order valence-electron chi connectivity index (χ4n) is 1.21. The van der Waals surface area contributed by atoms with Crippen LogP contribution in [0.25, 0.3) is 0 Å². The first-order chi connectivity index (χ1) is 8.08. The maximum absolute atomic E-state index is 7.67. The lowest BCUT2D eigenvalue weighted by Crippen LogP contribution is -2.12. The molecule has 0 aromatic carbocycles. The number of aromatic amines is 1. The Bertz CT molecular complexity index is 512. The summed E-state index contributed by atoms with van der Waals surface area (Å²) < 4.78 is 7.67. The van der Waals surface area contributed by atoms with E-state index < -0.39 is 0 Å². The van der Waals surface area contributed by atoms with Crippen molar-refractivity contribution in [3.63, 3.8) is 0 Å². The first-order valence-corrected chi connectivity index (χ1v) is 5.07. The van der Waals surface area contributed by atoms with Crippen LogP contribution in [0.2, 0.25) is 5.02 Å². The molecule has 5 nitrogen and oxygen atoms in total. The van der Waals surface area contributed by atoms with Crippen LogP contribution in [0.4, 0.5) is 17.5 Å². The third kappa shape index (κ3) is 2.25. The molecular formula is C10H12ClN5. The Morgan fingerprint density at radius 2 is 2.38 bits per heavy atom. The summed E-state index contributed by atoms with van der Waals surface area (Å²) in [5, 5.41) is 3.23. The van der Waals surface area contributed by atoms with Crippen LogP contribution in [0.3, 0.4) is 0 Å². The van der Waals surface area contributed by atoms with Gasteiger partial charge in [0.15, 0.2) is 5.82 Å². The molecule has 0 spiro atoms. The van der Waals surface area contributed by atoms with Crippen molar-refractivity contribution in [2.24, 2.45) is 0 Å². The van der Waals surface area contributed by atoms with Crippen molar-refractivity contribution in [1.29, 1.82) is 0 Å². The van der Waals surface area contributed by atoms with Crippen LogP contribution < -0.4 is 10.2 Å². The topological polar surface area (TPSA) is 56.8 Å². The first-order valence-electron chi connectivity index (χ1n) is 5.19. The minimum Gasteiger partial charge on any atom is -0.366 e. The quantitative estimate of drug-likeness (QED) is 0.861. The van der Waals surface area contributed by atoms with Crippen molar-refractivity contribution in [3.05, 3.63) is 29.7 Å². The van der Waals surface area contributed by atoms with E-state index in [2.05, 4.69) is 20.3 Å². The Kier molecular flexibility index (Phi) is 2.61. The highest BCUT2D eigenvalue weighted by atomic mass is 35.5. The zero-order valence-electron chi connectivity index (χ0n) is 9.95. The smallest absolute Gasteiger partial charge is 0.229 e. The summed E-state index contributed by atoms with van der Waals surface area (Å²) in [6.45, 7) is 0. The summed E-state index contributed by atoms with van der Waals surface area (Å²) in [5.41, 5.74) is 0.830. The monoisotopic (exact) mass is 238 g/mol. The molecule has 0 aliphatic carbocycles. The van der Waals surface area contributed by atoms with Crippen molar-refractivity contribution in [2.75, 3.05) is 24.3 Å². The minimum atomic E-state index is 0.00315. The molecule has 84 valence electrons. The second-order valence-electron chi connectivity index (χ2n) is 3.42. The van der Waals surface area contributed by atoms with E-state index in [1.807, 2.05) is 20.2 Å². The zero-order chi connectivity index (χ0) is 12.4. The Morgan fingerprint density at radius 3 is 3.00 bits per heavy atom. The molecule has 0 fully saturated rings. The lowest BCUT2D eigenvalue weighted by Gasteiger charge is -2.13. The van der Waals surface area contributed by atoms with E-state index in [0.717, 1.165) is 5.69 Å². The van der Waals surface area contributed by atoms with Crippen LogP contribution in [0.1, 0.15) is 1.37 Å². The molecule has 0 bridgehead atoms. The molecule has 0 aliphatic heterocycles. The molecule has 2 aromatic heterocycles. The van der Waals surface area contributed by atoms with Crippen LogP contribution in [-0.2, 0) is 0 Å². The van der Waals surface area contributed by atoms with Gasteiger partial charge in [0, 0.05) is 26.5 Å². The summed E-state index contributed by atoms with van der Waals surface area (Å²) in [6.07, 6.45) is 3.56. The van der Waals surface area contributed by atoms with Gasteiger partial charge in [0.05, 0.1) is 13.2 Å². The molecule has 16 heavy (non-hydrogen) atoms. The van der Waals surface area contributed by atoms with Crippen molar-refractivity contribution in [3.8, 4) is 0 Å².